The molecule has 2 atom stereocenters. The van der Waals surface area contributed by atoms with Gasteiger partial charge in [-0.15, -0.1) is 0 Å². The van der Waals surface area contributed by atoms with E-state index in [4.69, 9.17) is 0 Å². The second-order valence-electron chi connectivity index (χ2n) is 5.29. The molecule has 0 spiro atoms. The predicted octanol–water partition coefficient (Wildman–Crippen LogP) is 1.87. The third kappa shape index (κ3) is 2.65. The number of aromatic hydroxyl groups is 1. The molecule has 3 rings (SSSR count). The van der Waals surface area contributed by atoms with Gasteiger partial charge in [0.1, 0.15) is 11.6 Å². The van der Waals surface area contributed by atoms with Gasteiger partial charge in [0.2, 0.25) is 0 Å². The van der Waals surface area contributed by atoms with Crippen LogP contribution in [0.5, 0.6) is 5.75 Å². The van der Waals surface area contributed by atoms with Gasteiger partial charge in [-0.05, 0) is 36.2 Å². The zero-order chi connectivity index (χ0) is 15.7. The first-order valence-electron chi connectivity index (χ1n) is 6.94. The number of rotatable bonds is 2. The minimum Gasteiger partial charge on any atom is -0.505 e. The van der Waals surface area contributed by atoms with Crippen LogP contribution in [0.3, 0.4) is 0 Å². The maximum absolute atomic E-state index is 13.4. The summed E-state index contributed by atoms with van der Waals surface area (Å²) in [4.78, 5) is 17.9. The van der Waals surface area contributed by atoms with Crippen molar-refractivity contribution in [3.63, 3.8) is 0 Å². The highest BCUT2D eigenvalue weighted by atomic mass is 19.1. The van der Waals surface area contributed by atoms with Crippen LogP contribution in [0.1, 0.15) is 28.5 Å². The van der Waals surface area contributed by atoms with Crippen LogP contribution in [0.4, 0.5) is 4.39 Å². The molecule has 22 heavy (non-hydrogen) atoms. The monoisotopic (exact) mass is 302 g/mol. The van der Waals surface area contributed by atoms with Crippen molar-refractivity contribution in [3.05, 3.63) is 59.7 Å². The first-order valence-corrected chi connectivity index (χ1v) is 6.94. The fraction of sp³-hybridized carbons (Fsp3) is 0.250. The summed E-state index contributed by atoms with van der Waals surface area (Å²) in [5, 5.41) is 19.7. The number of aliphatic hydroxyl groups is 1. The molecule has 6 heteroatoms. The molecule has 1 amide bonds. The Labute approximate surface area is 126 Å². The van der Waals surface area contributed by atoms with Gasteiger partial charge in [-0.3, -0.25) is 4.79 Å². The number of halogens is 1. The largest absolute Gasteiger partial charge is 0.505 e. The van der Waals surface area contributed by atoms with Gasteiger partial charge in [0.25, 0.3) is 5.91 Å². The Hall–Kier alpha value is -2.47. The fourth-order valence-electron chi connectivity index (χ4n) is 2.77. The molecule has 0 radical (unpaired) electrons. The zero-order valence-corrected chi connectivity index (χ0v) is 11.7. The summed E-state index contributed by atoms with van der Waals surface area (Å²) in [6.07, 6.45) is 1.04. The Balaban J connectivity index is 1.94. The molecule has 1 aliphatic rings. The topological polar surface area (TPSA) is 73.7 Å². The van der Waals surface area contributed by atoms with E-state index >= 15 is 0 Å². The molecule has 1 fully saturated rings. The average Bonchev–Trinajstić information content (AvgIpc) is 2.89. The normalized spacial score (nSPS) is 21.1. The number of amides is 1. The van der Waals surface area contributed by atoms with Gasteiger partial charge < -0.3 is 15.1 Å². The van der Waals surface area contributed by atoms with E-state index in [0.29, 0.717) is 12.0 Å². The van der Waals surface area contributed by atoms with Crippen molar-refractivity contribution in [3.8, 4) is 5.75 Å². The summed E-state index contributed by atoms with van der Waals surface area (Å²) in [6, 6.07) is 8.41. The fourth-order valence-corrected chi connectivity index (χ4v) is 2.77. The maximum atomic E-state index is 13.4. The number of nitrogens with zero attached hydrogens (tertiary/aromatic N) is 2. The van der Waals surface area contributed by atoms with Crippen LogP contribution in [-0.2, 0) is 0 Å². The summed E-state index contributed by atoms with van der Waals surface area (Å²) in [5.74, 6) is -1.09. The third-order valence-corrected chi connectivity index (χ3v) is 3.76. The van der Waals surface area contributed by atoms with Crippen molar-refractivity contribution in [2.24, 2.45) is 0 Å². The van der Waals surface area contributed by atoms with Crippen LogP contribution in [0.15, 0.2) is 42.6 Å². The van der Waals surface area contributed by atoms with Crippen molar-refractivity contribution in [2.45, 2.75) is 18.6 Å². The molecular formula is C16H15FN2O3. The van der Waals surface area contributed by atoms with Crippen LogP contribution in [0.2, 0.25) is 0 Å². The molecule has 0 aliphatic carbocycles. The van der Waals surface area contributed by atoms with Crippen molar-refractivity contribution in [2.75, 3.05) is 6.54 Å². The van der Waals surface area contributed by atoms with Crippen molar-refractivity contribution in [1.82, 2.24) is 9.88 Å². The van der Waals surface area contributed by atoms with Gasteiger partial charge in [0.15, 0.2) is 5.69 Å². The standard InChI is InChI=1S/C16H15FN2O3/c17-11-4-1-3-10(7-11)13-8-12(20)9-19(13)16(22)15-14(21)5-2-6-18-15/h1-7,12-13,20-21H,8-9H2. The summed E-state index contributed by atoms with van der Waals surface area (Å²) < 4.78 is 13.4. The molecule has 5 nitrogen and oxygen atoms in total. The Morgan fingerprint density at radius 3 is 2.86 bits per heavy atom. The lowest BCUT2D eigenvalue weighted by molar-refractivity contribution is 0.0706. The number of benzene rings is 1. The van der Waals surface area contributed by atoms with Gasteiger partial charge in [0.05, 0.1) is 12.1 Å². The Morgan fingerprint density at radius 1 is 1.32 bits per heavy atom. The molecular weight excluding hydrogens is 287 g/mol. The molecule has 1 aromatic carbocycles. The van der Waals surface area contributed by atoms with E-state index in [0.717, 1.165) is 0 Å². The summed E-state index contributed by atoms with van der Waals surface area (Å²) in [7, 11) is 0. The van der Waals surface area contributed by atoms with Gasteiger partial charge in [-0.2, -0.15) is 0 Å². The molecule has 2 unspecified atom stereocenters. The minimum atomic E-state index is -0.692. The number of likely N-dealkylation sites (tertiary alicyclic amines) is 1. The lowest BCUT2D eigenvalue weighted by atomic mass is 10.0. The Bertz CT molecular complexity index is 707. The van der Waals surface area contributed by atoms with Crippen LogP contribution >= 0.6 is 0 Å². The SMILES string of the molecule is O=C(c1ncccc1O)N1CC(O)CC1c1cccc(F)c1. The van der Waals surface area contributed by atoms with E-state index in [9.17, 15) is 19.4 Å². The number of aliphatic hydroxyl groups excluding tert-OH is 1. The van der Waals surface area contributed by atoms with Crippen molar-refractivity contribution in [1.29, 1.82) is 0 Å². The van der Waals surface area contributed by atoms with Crippen LogP contribution in [-0.4, -0.2) is 38.7 Å². The van der Waals surface area contributed by atoms with Crippen LogP contribution in [0, 0.1) is 5.82 Å². The number of hydrogen-bond donors (Lipinski definition) is 2. The maximum Gasteiger partial charge on any atom is 0.276 e. The van der Waals surface area contributed by atoms with Crippen molar-refractivity contribution < 1.29 is 19.4 Å². The van der Waals surface area contributed by atoms with E-state index in [1.807, 2.05) is 0 Å². The third-order valence-electron chi connectivity index (χ3n) is 3.76. The highest BCUT2D eigenvalue weighted by Gasteiger charge is 2.37. The second kappa shape index (κ2) is 5.73. The number of carbonyl (C=O) groups excluding carboxylic acids is 1. The molecule has 1 aliphatic heterocycles. The minimum absolute atomic E-state index is 0.0713. The molecule has 2 heterocycles. The lowest BCUT2D eigenvalue weighted by Gasteiger charge is -2.24. The van der Waals surface area contributed by atoms with E-state index in [2.05, 4.69) is 4.98 Å². The zero-order valence-electron chi connectivity index (χ0n) is 11.7. The van der Waals surface area contributed by atoms with Crippen LogP contribution < -0.4 is 0 Å². The number of carbonyl (C=O) groups is 1. The number of β-amino-alcohol motifs (C(OH)–C–C–N with tert-alkyl or cyclic N) is 1. The van der Waals surface area contributed by atoms with E-state index < -0.39 is 23.9 Å². The molecule has 2 N–H and O–H groups in total. The summed E-state index contributed by atoms with van der Waals surface area (Å²) >= 11 is 0. The lowest BCUT2D eigenvalue weighted by Crippen LogP contribution is -2.32. The van der Waals surface area contributed by atoms with Gasteiger partial charge in [-0.1, -0.05) is 12.1 Å². The molecule has 0 bridgehead atoms. The Kier molecular flexibility index (Phi) is 3.77. The quantitative estimate of drug-likeness (QED) is 0.888. The Morgan fingerprint density at radius 2 is 2.14 bits per heavy atom. The highest BCUT2D eigenvalue weighted by molar-refractivity contribution is 5.95. The molecule has 114 valence electrons. The van der Waals surface area contributed by atoms with Gasteiger partial charge in [-0.25, -0.2) is 9.37 Å². The average molecular weight is 302 g/mol. The second-order valence-corrected chi connectivity index (χ2v) is 5.29. The van der Waals surface area contributed by atoms with Crippen LogP contribution in [0.25, 0.3) is 0 Å². The predicted molar refractivity (Wildman–Crippen MR) is 76.7 cm³/mol. The van der Waals surface area contributed by atoms with E-state index in [1.54, 1.807) is 12.1 Å². The van der Waals surface area contributed by atoms with Gasteiger partial charge >= 0.3 is 0 Å². The van der Waals surface area contributed by atoms with E-state index in [-0.39, 0.29) is 18.0 Å². The first-order chi connectivity index (χ1) is 10.6. The van der Waals surface area contributed by atoms with Gasteiger partial charge in [0, 0.05) is 12.7 Å². The first kappa shape index (κ1) is 14.5. The number of hydrogen-bond acceptors (Lipinski definition) is 4. The molecule has 1 saturated heterocycles. The molecule has 0 saturated carbocycles. The number of aromatic nitrogens is 1. The highest BCUT2D eigenvalue weighted by Crippen LogP contribution is 2.34. The van der Waals surface area contributed by atoms with Crippen molar-refractivity contribution >= 4 is 5.91 Å². The summed E-state index contributed by atoms with van der Waals surface area (Å²) in [6.45, 7) is 0.121. The summed E-state index contributed by atoms with van der Waals surface area (Å²) in [5.41, 5.74) is 0.540. The van der Waals surface area contributed by atoms with E-state index in [1.165, 1.54) is 35.4 Å². The number of pyridine rings is 1. The smallest absolute Gasteiger partial charge is 0.276 e. The molecule has 2 aromatic rings. The molecule has 1 aromatic heterocycles.